The normalized spacial score (nSPS) is 15.0. The maximum Gasteiger partial charge on any atom is 0.308 e. The zero-order valence-corrected chi connectivity index (χ0v) is 14.5. The Bertz CT molecular complexity index is 734. The van der Waals surface area contributed by atoms with E-state index in [1.807, 2.05) is 11.0 Å². The number of piperidine rings is 1. The van der Waals surface area contributed by atoms with Gasteiger partial charge in [-0.15, -0.1) is 0 Å². The fourth-order valence-corrected chi connectivity index (χ4v) is 3.35. The van der Waals surface area contributed by atoms with Crippen LogP contribution >= 0.6 is 0 Å². The van der Waals surface area contributed by atoms with Crippen LogP contribution in [0.4, 0.5) is 0 Å². The average Bonchev–Trinajstić information content (AvgIpc) is 2.63. The van der Waals surface area contributed by atoms with Gasteiger partial charge in [0.15, 0.2) is 0 Å². The Kier molecular flexibility index (Phi) is 5.49. The van der Waals surface area contributed by atoms with Crippen LogP contribution < -0.4 is 4.74 Å². The van der Waals surface area contributed by atoms with E-state index in [0.717, 1.165) is 32.4 Å². The molecule has 0 aliphatic carbocycles. The molecule has 0 N–H and O–H groups in total. The van der Waals surface area contributed by atoms with E-state index in [1.54, 1.807) is 24.3 Å². The van der Waals surface area contributed by atoms with Crippen molar-refractivity contribution in [3.8, 4) is 5.75 Å². The monoisotopic (exact) mass is 337 g/mol. The first kappa shape index (κ1) is 17.2. The SMILES string of the molecule is CC(=O)Oc1ccccc1C(=O)N1CCC(Cc2ccccc2)CC1. The number of hydrogen-bond acceptors (Lipinski definition) is 3. The van der Waals surface area contributed by atoms with Crippen LogP contribution in [0, 0.1) is 5.92 Å². The molecule has 1 saturated heterocycles. The van der Waals surface area contributed by atoms with Gasteiger partial charge in [0.25, 0.3) is 5.91 Å². The fraction of sp³-hybridized carbons (Fsp3) is 0.333. The molecular weight excluding hydrogens is 314 g/mol. The third-order valence-corrected chi connectivity index (χ3v) is 4.64. The Morgan fingerprint density at radius 2 is 1.64 bits per heavy atom. The summed E-state index contributed by atoms with van der Waals surface area (Å²) in [5.41, 5.74) is 1.81. The predicted octanol–water partition coefficient (Wildman–Crippen LogP) is 3.71. The third kappa shape index (κ3) is 4.47. The molecule has 1 fully saturated rings. The van der Waals surface area contributed by atoms with E-state index in [0.29, 0.717) is 17.2 Å². The first-order chi connectivity index (χ1) is 12.1. The minimum Gasteiger partial charge on any atom is -0.426 e. The molecule has 0 spiro atoms. The van der Waals surface area contributed by atoms with Gasteiger partial charge in [-0.1, -0.05) is 42.5 Å². The van der Waals surface area contributed by atoms with Crippen LogP contribution in [0.25, 0.3) is 0 Å². The number of para-hydroxylation sites is 1. The number of nitrogens with zero attached hydrogens (tertiary/aromatic N) is 1. The number of ether oxygens (including phenoxy) is 1. The second kappa shape index (κ2) is 7.97. The Labute approximate surface area is 148 Å². The Balaban J connectivity index is 1.61. The second-order valence-corrected chi connectivity index (χ2v) is 6.52. The summed E-state index contributed by atoms with van der Waals surface area (Å²) in [6.45, 7) is 2.83. The molecular formula is C21H23NO3. The minimum atomic E-state index is -0.415. The fourth-order valence-electron chi connectivity index (χ4n) is 3.35. The van der Waals surface area contributed by atoms with Crippen molar-refractivity contribution in [2.45, 2.75) is 26.2 Å². The third-order valence-electron chi connectivity index (χ3n) is 4.64. The Morgan fingerprint density at radius 3 is 2.32 bits per heavy atom. The van der Waals surface area contributed by atoms with Gasteiger partial charge in [-0.25, -0.2) is 0 Å². The summed E-state index contributed by atoms with van der Waals surface area (Å²) in [5.74, 6) is 0.471. The van der Waals surface area contributed by atoms with Crippen molar-refractivity contribution in [1.82, 2.24) is 4.90 Å². The van der Waals surface area contributed by atoms with Gasteiger partial charge in [0.05, 0.1) is 5.56 Å². The van der Waals surface area contributed by atoms with E-state index in [4.69, 9.17) is 4.74 Å². The highest BCUT2D eigenvalue weighted by Crippen LogP contribution is 2.25. The van der Waals surface area contributed by atoms with E-state index in [2.05, 4.69) is 24.3 Å². The standard InChI is InChI=1S/C21H23NO3/c1-16(23)25-20-10-6-5-9-19(20)21(24)22-13-11-18(12-14-22)15-17-7-3-2-4-8-17/h2-10,18H,11-15H2,1H3. The molecule has 0 bridgehead atoms. The van der Waals surface area contributed by atoms with Gasteiger partial charge in [0.1, 0.15) is 5.75 Å². The molecule has 1 amide bonds. The van der Waals surface area contributed by atoms with Crippen LogP contribution in [0.5, 0.6) is 5.75 Å². The molecule has 0 atom stereocenters. The van der Waals surface area contributed by atoms with Crippen molar-refractivity contribution in [1.29, 1.82) is 0 Å². The highest BCUT2D eigenvalue weighted by Gasteiger charge is 2.25. The quantitative estimate of drug-likeness (QED) is 0.631. The number of benzene rings is 2. The van der Waals surface area contributed by atoms with Gasteiger partial charge in [0.2, 0.25) is 0 Å². The van der Waals surface area contributed by atoms with E-state index >= 15 is 0 Å². The zero-order chi connectivity index (χ0) is 17.6. The number of amides is 1. The number of likely N-dealkylation sites (tertiary alicyclic amines) is 1. The topological polar surface area (TPSA) is 46.6 Å². The molecule has 4 nitrogen and oxygen atoms in total. The lowest BCUT2D eigenvalue weighted by Gasteiger charge is -2.32. The predicted molar refractivity (Wildman–Crippen MR) is 96.5 cm³/mol. The summed E-state index contributed by atoms with van der Waals surface area (Å²) in [6, 6.07) is 17.4. The molecule has 0 radical (unpaired) electrons. The smallest absolute Gasteiger partial charge is 0.308 e. The van der Waals surface area contributed by atoms with Crippen molar-refractivity contribution < 1.29 is 14.3 Å². The van der Waals surface area contributed by atoms with Gasteiger partial charge in [0, 0.05) is 20.0 Å². The second-order valence-electron chi connectivity index (χ2n) is 6.52. The van der Waals surface area contributed by atoms with Crippen molar-refractivity contribution in [2.24, 2.45) is 5.92 Å². The van der Waals surface area contributed by atoms with Crippen LogP contribution in [0.2, 0.25) is 0 Å². The lowest BCUT2D eigenvalue weighted by atomic mass is 9.90. The Hall–Kier alpha value is -2.62. The molecule has 1 aliphatic heterocycles. The van der Waals surface area contributed by atoms with Gasteiger partial charge >= 0.3 is 5.97 Å². The van der Waals surface area contributed by atoms with Crippen molar-refractivity contribution in [3.63, 3.8) is 0 Å². The first-order valence-electron chi connectivity index (χ1n) is 8.74. The number of carbonyl (C=O) groups is 2. The van der Waals surface area contributed by atoms with Gasteiger partial charge < -0.3 is 9.64 Å². The zero-order valence-electron chi connectivity index (χ0n) is 14.5. The summed E-state index contributed by atoms with van der Waals surface area (Å²) in [4.78, 5) is 25.9. The summed E-state index contributed by atoms with van der Waals surface area (Å²) in [7, 11) is 0. The highest BCUT2D eigenvalue weighted by atomic mass is 16.5. The maximum atomic E-state index is 12.8. The van der Waals surface area contributed by atoms with Crippen LogP contribution in [0.15, 0.2) is 54.6 Å². The minimum absolute atomic E-state index is 0.0602. The number of hydrogen-bond donors (Lipinski definition) is 0. The maximum absolute atomic E-state index is 12.8. The summed E-state index contributed by atoms with van der Waals surface area (Å²) >= 11 is 0. The molecule has 0 aromatic heterocycles. The summed E-state index contributed by atoms with van der Waals surface area (Å²) in [6.07, 6.45) is 3.06. The molecule has 4 heteroatoms. The average molecular weight is 337 g/mol. The van der Waals surface area contributed by atoms with Crippen molar-refractivity contribution in [2.75, 3.05) is 13.1 Å². The molecule has 130 valence electrons. The van der Waals surface area contributed by atoms with E-state index in [9.17, 15) is 9.59 Å². The molecule has 0 unspecified atom stereocenters. The van der Waals surface area contributed by atoms with Crippen LogP contribution in [0.1, 0.15) is 35.7 Å². The van der Waals surface area contributed by atoms with Crippen LogP contribution in [0.3, 0.4) is 0 Å². The molecule has 2 aromatic carbocycles. The number of esters is 1. The van der Waals surface area contributed by atoms with Crippen molar-refractivity contribution >= 4 is 11.9 Å². The highest BCUT2D eigenvalue weighted by molar-refractivity contribution is 5.97. The molecule has 25 heavy (non-hydrogen) atoms. The van der Waals surface area contributed by atoms with Crippen molar-refractivity contribution in [3.05, 3.63) is 65.7 Å². The molecule has 1 aliphatic rings. The number of rotatable bonds is 4. The van der Waals surface area contributed by atoms with E-state index in [-0.39, 0.29) is 5.91 Å². The largest absolute Gasteiger partial charge is 0.426 e. The van der Waals surface area contributed by atoms with Gasteiger partial charge in [-0.05, 0) is 42.9 Å². The number of carbonyl (C=O) groups excluding carboxylic acids is 2. The van der Waals surface area contributed by atoms with Crippen LogP contribution in [-0.4, -0.2) is 29.9 Å². The lowest BCUT2D eigenvalue weighted by Crippen LogP contribution is -2.39. The Morgan fingerprint density at radius 1 is 1.00 bits per heavy atom. The van der Waals surface area contributed by atoms with E-state index < -0.39 is 5.97 Å². The molecule has 2 aromatic rings. The summed E-state index contributed by atoms with van der Waals surface area (Å²) in [5, 5.41) is 0. The molecule has 0 saturated carbocycles. The van der Waals surface area contributed by atoms with Gasteiger partial charge in [-0.3, -0.25) is 9.59 Å². The molecule has 3 rings (SSSR count). The lowest BCUT2D eigenvalue weighted by molar-refractivity contribution is -0.131. The van der Waals surface area contributed by atoms with Gasteiger partial charge in [-0.2, -0.15) is 0 Å². The van der Waals surface area contributed by atoms with Crippen LogP contribution in [-0.2, 0) is 11.2 Å². The summed E-state index contributed by atoms with van der Waals surface area (Å²) < 4.78 is 5.17. The molecule has 1 heterocycles. The first-order valence-corrected chi connectivity index (χ1v) is 8.74. The van der Waals surface area contributed by atoms with E-state index in [1.165, 1.54) is 12.5 Å².